The number of carbonyl (C=O) groups is 2. The van der Waals surface area contributed by atoms with E-state index >= 15 is 0 Å². The van der Waals surface area contributed by atoms with Crippen molar-refractivity contribution in [3.05, 3.63) is 59.2 Å². The Kier molecular flexibility index (Phi) is 7.90. The van der Waals surface area contributed by atoms with Gasteiger partial charge in [-0.1, -0.05) is 30.3 Å². The molecule has 0 radical (unpaired) electrons. The predicted octanol–water partition coefficient (Wildman–Crippen LogP) is 4.59. The number of ether oxygens (including phenoxy) is 1. The van der Waals surface area contributed by atoms with Crippen molar-refractivity contribution in [1.29, 1.82) is 0 Å². The number of alkyl halides is 3. The van der Waals surface area contributed by atoms with E-state index in [1.807, 2.05) is 32.0 Å². The standard InChI is InChI=1S/C22H26F3N3O3/c1-14-6-5-7-15(2)20(14)27-19(29)12-28(4)21(30)26-16(3)17-8-10-18(11-9-17)31-13-22(23,24)25/h5-11,16H,12-13H2,1-4H3,(H,26,30)(H,27,29). The van der Waals surface area contributed by atoms with Crippen LogP contribution in [0.15, 0.2) is 42.5 Å². The van der Waals surface area contributed by atoms with Crippen molar-refractivity contribution < 1.29 is 27.5 Å². The largest absolute Gasteiger partial charge is 0.484 e. The van der Waals surface area contributed by atoms with Crippen LogP contribution in [0.2, 0.25) is 0 Å². The topological polar surface area (TPSA) is 70.7 Å². The van der Waals surface area contributed by atoms with E-state index < -0.39 is 24.9 Å². The fourth-order valence-corrected chi connectivity index (χ4v) is 2.87. The van der Waals surface area contributed by atoms with Crippen LogP contribution in [0.25, 0.3) is 0 Å². The number of halogens is 3. The molecule has 0 heterocycles. The maximum absolute atomic E-state index is 12.4. The third-order valence-electron chi connectivity index (χ3n) is 4.60. The zero-order chi connectivity index (χ0) is 23.2. The highest BCUT2D eigenvalue weighted by Gasteiger charge is 2.28. The van der Waals surface area contributed by atoms with Crippen molar-refractivity contribution in [1.82, 2.24) is 10.2 Å². The summed E-state index contributed by atoms with van der Waals surface area (Å²) in [5.41, 5.74) is 3.26. The minimum absolute atomic E-state index is 0.0832. The molecule has 0 saturated heterocycles. The van der Waals surface area contributed by atoms with E-state index in [0.29, 0.717) is 5.56 Å². The van der Waals surface area contributed by atoms with Gasteiger partial charge in [0.1, 0.15) is 12.3 Å². The van der Waals surface area contributed by atoms with Crippen LogP contribution in [0.1, 0.15) is 29.7 Å². The van der Waals surface area contributed by atoms with Crippen LogP contribution < -0.4 is 15.4 Å². The Morgan fingerprint density at radius 2 is 1.65 bits per heavy atom. The molecule has 0 aliphatic rings. The van der Waals surface area contributed by atoms with Crippen molar-refractivity contribution in [3.8, 4) is 5.75 Å². The fourth-order valence-electron chi connectivity index (χ4n) is 2.87. The van der Waals surface area contributed by atoms with Crippen LogP contribution in [0.5, 0.6) is 5.75 Å². The summed E-state index contributed by atoms with van der Waals surface area (Å²) in [5, 5.41) is 5.57. The maximum atomic E-state index is 12.4. The second-order valence-electron chi connectivity index (χ2n) is 7.32. The van der Waals surface area contributed by atoms with E-state index in [1.54, 1.807) is 19.1 Å². The van der Waals surface area contributed by atoms with Crippen LogP contribution in [0.3, 0.4) is 0 Å². The molecule has 168 valence electrons. The summed E-state index contributed by atoms with van der Waals surface area (Å²) in [5.74, 6) is -0.242. The number of rotatable bonds is 7. The van der Waals surface area contributed by atoms with Crippen molar-refractivity contribution in [2.45, 2.75) is 33.0 Å². The molecule has 1 atom stereocenters. The monoisotopic (exact) mass is 437 g/mol. The van der Waals surface area contributed by atoms with Crippen LogP contribution in [0, 0.1) is 13.8 Å². The minimum Gasteiger partial charge on any atom is -0.484 e. The van der Waals surface area contributed by atoms with Gasteiger partial charge >= 0.3 is 12.2 Å². The van der Waals surface area contributed by atoms with Gasteiger partial charge in [0.2, 0.25) is 5.91 Å². The molecule has 2 rings (SSSR count). The van der Waals surface area contributed by atoms with Gasteiger partial charge in [-0.2, -0.15) is 13.2 Å². The van der Waals surface area contributed by atoms with E-state index in [0.717, 1.165) is 16.8 Å². The highest BCUT2D eigenvalue weighted by molar-refractivity contribution is 5.95. The molecule has 9 heteroatoms. The van der Waals surface area contributed by atoms with Gasteiger partial charge in [0, 0.05) is 12.7 Å². The summed E-state index contributed by atoms with van der Waals surface area (Å²) in [7, 11) is 1.50. The summed E-state index contributed by atoms with van der Waals surface area (Å²) in [6.07, 6.45) is -4.41. The van der Waals surface area contributed by atoms with Gasteiger partial charge in [0.05, 0.1) is 6.04 Å². The Morgan fingerprint density at radius 1 is 1.06 bits per heavy atom. The lowest BCUT2D eigenvalue weighted by Crippen LogP contribution is -2.42. The van der Waals surface area contributed by atoms with Crippen LogP contribution in [-0.4, -0.2) is 43.2 Å². The normalized spacial score (nSPS) is 12.1. The van der Waals surface area contributed by atoms with Gasteiger partial charge in [-0.15, -0.1) is 0 Å². The Morgan fingerprint density at radius 3 is 2.19 bits per heavy atom. The van der Waals surface area contributed by atoms with Gasteiger partial charge in [0.15, 0.2) is 6.61 Å². The number of hydrogen-bond donors (Lipinski definition) is 2. The summed E-state index contributed by atoms with van der Waals surface area (Å²) in [6.45, 7) is 4.00. The molecular weight excluding hydrogens is 411 g/mol. The first-order valence-electron chi connectivity index (χ1n) is 9.63. The number of anilines is 1. The number of aryl methyl sites for hydroxylation is 2. The summed E-state index contributed by atoms with van der Waals surface area (Å²) in [4.78, 5) is 26.0. The lowest BCUT2D eigenvalue weighted by atomic mass is 10.1. The first-order valence-corrected chi connectivity index (χ1v) is 9.63. The molecule has 31 heavy (non-hydrogen) atoms. The van der Waals surface area contributed by atoms with Gasteiger partial charge in [-0.3, -0.25) is 4.79 Å². The Hall–Kier alpha value is -3.23. The first-order chi connectivity index (χ1) is 14.5. The SMILES string of the molecule is Cc1cccc(C)c1NC(=O)CN(C)C(=O)NC(C)c1ccc(OCC(F)(F)F)cc1. The molecule has 2 aromatic carbocycles. The van der Waals surface area contributed by atoms with E-state index in [4.69, 9.17) is 0 Å². The first kappa shape index (κ1) is 24.0. The number of nitrogens with zero attached hydrogens (tertiary/aromatic N) is 1. The number of amides is 3. The lowest BCUT2D eigenvalue weighted by molar-refractivity contribution is -0.153. The summed E-state index contributed by atoms with van der Waals surface area (Å²) in [6, 6.07) is 10.8. The molecule has 1 unspecified atom stereocenters. The van der Waals surface area contributed by atoms with Crippen molar-refractivity contribution in [2.75, 3.05) is 25.5 Å². The predicted molar refractivity (Wildman–Crippen MR) is 112 cm³/mol. The number of nitrogens with one attached hydrogen (secondary N) is 2. The van der Waals surface area contributed by atoms with Gasteiger partial charge in [-0.25, -0.2) is 4.79 Å². The highest BCUT2D eigenvalue weighted by atomic mass is 19.4. The molecule has 0 spiro atoms. The smallest absolute Gasteiger partial charge is 0.422 e. The number of benzene rings is 2. The molecule has 2 N–H and O–H groups in total. The molecule has 6 nitrogen and oxygen atoms in total. The number of para-hydroxylation sites is 1. The molecule has 0 aliphatic carbocycles. The highest BCUT2D eigenvalue weighted by Crippen LogP contribution is 2.21. The van der Waals surface area contributed by atoms with Crippen LogP contribution in [0.4, 0.5) is 23.7 Å². The zero-order valence-corrected chi connectivity index (χ0v) is 17.8. The third-order valence-corrected chi connectivity index (χ3v) is 4.60. The minimum atomic E-state index is -4.41. The van der Waals surface area contributed by atoms with E-state index in [1.165, 1.54) is 24.1 Å². The van der Waals surface area contributed by atoms with Crippen LogP contribution in [-0.2, 0) is 4.79 Å². The van der Waals surface area contributed by atoms with Crippen molar-refractivity contribution >= 4 is 17.6 Å². The molecule has 3 amide bonds. The molecular formula is C22H26F3N3O3. The average Bonchev–Trinajstić information content (AvgIpc) is 2.69. The number of hydrogen-bond acceptors (Lipinski definition) is 3. The Bertz CT molecular complexity index is 894. The van der Waals surface area contributed by atoms with Gasteiger partial charge < -0.3 is 20.3 Å². The Balaban J connectivity index is 1.88. The molecule has 0 fully saturated rings. The maximum Gasteiger partial charge on any atom is 0.422 e. The van der Waals surface area contributed by atoms with Gasteiger partial charge in [0.25, 0.3) is 0 Å². The van der Waals surface area contributed by atoms with E-state index in [-0.39, 0.29) is 18.2 Å². The Labute approximate surface area is 179 Å². The van der Waals surface area contributed by atoms with Crippen molar-refractivity contribution in [3.63, 3.8) is 0 Å². The molecule has 0 aromatic heterocycles. The molecule has 0 bridgehead atoms. The van der Waals surface area contributed by atoms with E-state index in [2.05, 4.69) is 15.4 Å². The molecule has 0 aliphatic heterocycles. The average molecular weight is 437 g/mol. The van der Waals surface area contributed by atoms with E-state index in [9.17, 15) is 22.8 Å². The number of urea groups is 1. The molecule has 2 aromatic rings. The zero-order valence-electron chi connectivity index (χ0n) is 17.8. The summed E-state index contributed by atoms with van der Waals surface area (Å²) >= 11 is 0. The number of carbonyl (C=O) groups excluding carboxylic acids is 2. The third kappa shape index (κ3) is 7.51. The second kappa shape index (κ2) is 10.2. The van der Waals surface area contributed by atoms with Gasteiger partial charge in [-0.05, 0) is 49.6 Å². The molecule has 0 saturated carbocycles. The fraction of sp³-hybridized carbons (Fsp3) is 0.364. The quantitative estimate of drug-likeness (QED) is 0.666. The lowest BCUT2D eigenvalue weighted by Gasteiger charge is -2.22. The number of likely N-dealkylation sites (N-methyl/N-ethyl adjacent to an activating group) is 1. The summed E-state index contributed by atoms with van der Waals surface area (Å²) < 4.78 is 41.3. The van der Waals surface area contributed by atoms with Crippen LogP contribution >= 0.6 is 0 Å². The van der Waals surface area contributed by atoms with Crippen molar-refractivity contribution in [2.24, 2.45) is 0 Å². The second-order valence-corrected chi connectivity index (χ2v) is 7.32.